The van der Waals surface area contributed by atoms with E-state index in [9.17, 15) is 14.4 Å². The molecule has 0 fully saturated rings. The molecule has 1 N–H and O–H groups in total. The molecule has 0 saturated carbocycles. The predicted octanol–water partition coefficient (Wildman–Crippen LogP) is 6.25. The second-order valence-corrected chi connectivity index (χ2v) is 6.76. The lowest BCUT2D eigenvalue weighted by molar-refractivity contribution is -0.112. The summed E-state index contributed by atoms with van der Waals surface area (Å²) in [6.45, 7) is 1.58. The molecule has 0 unspecified atom stereocenters. The van der Waals surface area contributed by atoms with Gasteiger partial charge in [0.2, 0.25) is 0 Å². The highest BCUT2D eigenvalue weighted by Crippen LogP contribution is 2.32. The number of carbonyl (C=O) groups excluding carboxylic acids is 1. The number of aryl methyl sites for hydroxylation is 1. The number of hydrogen-bond donors (Lipinski definition) is 1. The molecule has 3 aromatic rings. The number of benzene rings is 2. The van der Waals surface area contributed by atoms with Crippen LogP contribution in [0.5, 0.6) is 0 Å². The van der Waals surface area contributed by atoms with Gasteiger partial charge in [-0.2, -0.15) is 5.26 Å². The lowest BCUT2D eigenvalue weighted by Gasteiger charge is -2.05. The molecule has 0 aliphatic rings. The number of nitrogens with zero attached hydrogens (tertiary/aromatic N) is 1. The van der Waals surface area contributed by atoms with Crippen LogP contribution in [-0.2, 0) is 4.79 Å². The third kappa shape index (κ3) is 4.42. The number of carbonyl (C=O) groups is 1. The SMILES string of the molecule is Cc1cc(NC(=O)/C(C#N)=C/c2ccc(-c3cc(Cl)ccc3Cl)o2)ccc1F. The first kappa shape index (κ1) is 19.7. The standard InChI is InChI=1S/C21H13Cl2FN2O2/c1-12-8-15(3-6-19(12)24)26-21(27)13(11-25)9-16-4-7-20(28-16)17-10-14(22)2-5-18(17)23/h2-10H,1H3,(H,26,27)/b13-9+. The molecule has 0 atom stereocenters. The van der Waals surface area contributed by atoms with Crippen molar-refractivity contribution in [1.82, 2.24) is 0 Å². The molecule has 2 aromatic carbocycles. The molecule has 1 heterocycles. The largest absolute Gasteiger partial charge is 0.457 e. The van der Waals surface area contributed by atoms with E-state index in [1.54, 1.807) is 37.3 Å². The summed E-state index contributed by atoms with van der Waals surface area (Å²) in [5.74, 6) is -0.261. The minimum Gasteiger partial charge on any atom is -0.457 e. The molecule has 1 aromatic heterocycles. The quantitative estimate of drug-likeness (QED) is 0.405. The zero-order valence-corrected chi connectivity index (χ0v) is 16.1. The highest BCUT2D eigenvalue weighted by Gasteiger charge is 2.13. The normalized spacial score (nSPS) is 11.2. The number of rotatable bonds is 4. The number of hydrogen-bond acceptors (Lipinski definition) is 3. The van der Waals surface area contributed by atoms with Gasteiger partial charge >= 0.3 is 0 Å². The summed E-state index contributed by atoms with van der Waals surface area (Å²) >= 11 is 12.1. The minimum atomic E-state index is -0.632. The Balaban J connectivity index is 1.84. The highest BCUT2D eigenvalue weighted by atomic mass is 35.5. The molecule has 140 valence electrons. The van der Waals surface area contributed by atoms with Crippen molar-refractivity contribution in [3.63, 3.8) is 0 Å². The molecule has 28 heavy (non-hydrogen) atoms. The molecular weight excluding hydrogens is 402 g/mol. The maximum atomic E-state index is 13.3. The second-order valence-electron chi connectivity index (χ2n) is 5.91. The predicted molar refractivity (Wildman–Crippen MR) is 108 cm³/mol. The summed E-state index contributed by atoms with van der Waals surface area (Å²) in [4.78, 5) is 12.3. The van der Waals surface area contributed by atoms with Crippen LogP contribution in [0, 0.1) is 24.1 Å². The highest BCUT2D eigenvalue weighted by molar-refractivity contribution is 6.35. The van der Waals surface area contributed by atoms with Crippen molar-refractivity contribution >= 4 is 40.9 Å². The summed E-state index contributed by atoms with van der Waals surface area (Å²) < 4.78 is 19.0. The van der Waals surface area contributed by atoms with Crippen molar-refractivity contribution in [2.24, 2.45) is 0 Å². The summed E-state index contributed by atoms with van der Waals surface area (Å²) in [5, 5.41) is 12.8. The van der Waals surface area contributed by atoms with E-state index < -0.39 is 5.91 Å². The van der Waals surface area contributed by atoms with E-state index >= 15 is 0 Å². The van der Waals surface area contributed by atoms with Gasteiger partial charge in [-0.15, -0.1) is 0 Å². The van der Waals surface area contributed by atoms with Gasteiger partial charge in [-0.3, -0.25) is 4.79 Å². The van der Waals surface area contributed by atoms with E-state index in [0.717, 1.165) is 0 Å². The van der Waals surface area contributed by atoms with Gasteiger partial charge in [0.15, 0.2) is 0 Å². The van der Waals surface area contributed by atoms with Crippen molar-refractivity contribution in [3.05, 3.63) is 81.3 Å². The molecule has 4 nitrogen and oxygen atoms in total. The van der Waals surface area contributed by atoms with Crippen molar-refractivity contribution in [3.8, 4) is 17.4 Å². The minimum absolute atomic E-state index is 0.167. The Labute approximate surface area is 170 Å². The lowest BCUT2D eigenvalue weighted by atomic mass is 10.2. The summed E-state index contributed by atoms with van der Waals surface area (Å²) in [6, 6.07) is 14.2. The van der Waals surface area contributed by atoms with Gasteiger partial charge in [0.25, 0.3) is 5.91 Å². The third-order valence-corrected chi connectivity index (χ3v) is 4.45. The first-order chi connectivity index (χ1) is 13.4. The Morgan fingerprint density at radius 3 is 2.68 bits per heavy atom. The van der Waals surface area contributed by atoms with Gasteiger partial charge in [-0.25, -0.2) is 4.39 Å². The van der Waals surface area contributed by atoms with Crippen LogP contribution in [0.2, 0.25) is 10.0 Å². The Morgan fingerprint density at radius 2 is 1.96 bits per heavy atom. The van der Waals surface area contributed by atoms with E-state index in [2.05, 4.69) is 5.32 Å². The molecule has 0 radical (unpaired) electrons. The van der Waals surface area contributed by atoms with Crippen LogP contribution in [0.25, 0.3) is 17.4 Å². The fraction of sp³-hybridized carbons (Fsp3) is 0.0476. The zero-order chi connectivity index (χ0) is 20.3. The van der Waals surface area contributed by atoms with Crippen LogP contribution >= 0.6 is 23.2 Å². The fourth-order valence-electron chi connectivity index (χ4n) is 2.47. The van der Waals surface area contributed by atoms with Crippen LogP contribution < -0.4 is 5.32 Å². The van der Waals surface area contributed by atoms with E-state index in [1.165, 1.54) is 24.3 Å². The Bertz CT molecular complexity index is 1130. The molecule has 7 heteroatoms. The Hall–Kier alpha value is -3.07. The van der Waals surface area contributed by atoms with Gasteiger partial charge in [0.1, 0.15) is 29.0 Å². The number of amides is 1. The van der Waals surface area contributed by atoms with Gasteiger partial charge in [-0.1, -0.05) is 23.2 Å². The molecule has 0 spiro atoms. The molecule has 0 aliphatic heterocycles. The molecule has 3 rings (SSSR count). The van der Waals surface area contributed by atoms with Crippen LogP contribution in [0.15, 0.2) is 58.5 Å². The van der Waals surface area contributed by atoms with Gasteiger partial charge in [0.05, 0.1) is 5.02 Å². The fourth-order valence-corrected chi connectivity index (χ4v) is 2.86. The summed E-state index contributed by atoms with van der Waals surface area (Å²) in [6.07, 6.45) is 1.31. The van der Waals surface area contributed by atoms with Crippen LogP contribution in [0.3, 0.4) is 0 Å². The smallest absolute Gasteiger partial charge is 0.266 e. The molecular formula is C21H13Cl2FN2O2. The Morgan fingerprint density at radius 1 is 1.18 bits per heavy atom. The number of anilines is 1. The third-order valence-electron chi connectivity index (χ3n) is 3.89. The maximum Gasteiger partial charge on any atom is 0.266 e. The second kappa shape index (κ2) is 8.30. The van der Waals surface area contributed by atoms with E-state index in [4.69, 9.17) is 27.6 Å². The number of halogens is 3. The molecule has 0 saturated heterocycles. The number of nitriles is 1. The summed E-state index contributed by atoms with van der Waals surface area (Å²) in [5.41, 5.74) is 1.20. The molecule has 0 bridgehead atoms. The van der Waals surface area contributed by atoms with Crippen LogP contribution in [0.4, 0.5) is 10.1 Å². The molecule has 0 aliphatic carbocycles. The van der Waals surface area contributed by atoms with E-state index in [1.807, 2.05) is 6.07 Å². The first-order valence-electron chi connectivity index (χ1n) is 8.12. The molecule has 1 amide bonds. The van der Waals surface area contributed by atoms with Gasteiger partial charge < -0.3 is 9.73 Å². The topological polar surface area (TPSA) is 66.0 Å². The average Bonchev–Trinajstić information content (AvgIpc) is 3.13. The van der Waals surface area contributed by atoms with Gasteiger partial charge in [0, 0.05) is 22.3 Å². The average molecular weight is 415 g/mol. The van der Waals surface area contributed by atoms with Crippen molar-refractivity contribution in [2.75, 3.05) is 5.32 Å². The zero-order valence-electron chi connectivity index (χ0n) is 14.6. The number of nitrogens with one attached hydrogen (secondary N) is 1. The van der Waals surface area contributed by atoms with Crippen molar-refractivity contribution < 1.29 is 13.6 Å². The Kier molecular flexibility index (Phi) is 5.84. The lowest BCUT2D eigenvalue weighted by Crippen LogP contribution is -2.13. The first-order valence-corrected chi connectivity index (χ1v) is 8.87. The monoisotopic (exact) mass is 414 g/mol. The van der Waals surface area contributed by atoms with E-state index in [-0.39, 0.29) is 11.4 Å². The van der Waals surface area contributed by atoms with Crippen LogP contribution in [0.1, 0.15) is 11.3 Å². The number of furan rings is 1. The van der Waals surface area contributed by atoms with Crippen molar-refractivity contribution in [2.45, 2.75) is 6.92 Å². The van der Waals surface area contributed by atoms with E-state index in [0.29, 0.717) is 38.4 Å². The van der Waals surface area contributed by atoms with Crippen LogP contribution in [-0.4, -0.2) is 5.91 Å². The summed E-state index contributed by atoms with van der Waals surface area (Å²) in [7, 11) is 0. The van der Waals surface area contributed by atoms with Gasteiger partial charge in [-0.05, 0) is 61.0 Å². The maximum absolute atomic E-state index is 13.3. The van der Waals surface area contributed by atoms with Crippen molar-refractivity contribution in [1.29, 1.82) is 5.26 Å².